The van der Waals surface area contributed by atoms with E-state index in [0.717, 1.165) is 5.56 Å². The quantitative estimate of drug-likeness (QED) is 0.473. The van der Waals surface area contributed by atoms with E-state index in [-0.39, 0.29) is 12.3 Å². The van der Waals surface area contributed by atoms with Crippen molar-refractivity contribution in [3.63, 3.8) is 0 Å². The largest absolute Gasteiger partial charge is 0.484 e. The summed E-state index contributed by atoms with van der Waals surface area (Å²) in [4.78, 5) is 16.6. The Kier molecular flexibility index (Phi) is 5.12. The zero-order chi connectivity index (χ0) is 18.5. The summed E-state index contributed by atoms with van der Waals surface area (Å²) in [7, 11) is 1.88. The van der Waals surface area contributed by atoms with Crippen LogP contribution in [0.2, 0.25) is 0 Å². The van der Waals surface area contributed by atoms with Crippen LogP contribution in [-0.2, 0) is 13.2 Å². The van der Waals surface area contributed by atoms with Gasteiger partial charge in [-0.05, 0) is 29.8 Å². The number of nitro benzene ring substituents is 1. The summed E-state index contributed by atoms with van der Waals surface area (Å²) in [5, 5.41) is 14.8. The van der Waals surface area contributed by atoms with E-state index in [0.29, 0.717) is 29.7 Å². The van der Waals surface area contributed by atoms with Gasteiger partial charge in [-0.1, -0.05) is 30.3 Å². The van der Waals surface area contributed by atoms with Crippen LogP contribution >= 0.6 is 0 Å². The van der Waals surface area contributed by atoms with Gasteiger partial charge in [0, 0.05) is 25.2 Å². The second kappa shape index (κ2) is 7.64. The number of benzene rings is 2. The van der Waals surface area contributed by atoms with Gasteiger partial charge in [-0.3, -0.25) is 10.1 Å². The van der Waals surface area contributed by atoms with E-state index in [1.807, 2.05) is 42.3 Å². The van der Waals surface area contributed by atoms with E-state index in [1.165, 1.54) is 6.07 Å². The molecule has 0 unspecified atom stereocenters. The first-order valence-corrected chi connectivity index (χ1v) is 7.98. The highest BCUT2D eigenvalue weighted by atomic mass is 16.6. The summed E-state index contributed by atoms with van der Waals surface area (Å²) in [5.74, 6) is 1.30. The van der Waals surface area contributed by atoms with E-state index < -0.39 is 4.92 Å². The fraction of sp³-hybridized carbons (Fsp3) is 0.222. The number of hydrogen-bond donors (Lipinski definition) is 0. The lowest BCUT2D eigenvalue weighted by Gasteiger charge is -2.13. The molecular formula is C18H18N4O4. The minimum atomic E-state index is -0.425. The zero-order valence-corrected chi connectivity index (χ0v) is 14.5. The van der Waals surface area contributed by atoms with Crippen LogP contribution in [0.25, 0.3) is 0 Å². The second-order valence-electron chi connectivity index (χ2n) is 5.82. The summed E-state index contributed by atoms with van der Waals surface area (Å²) in [5.41, 5.74) is 1.72. The smallest absolute Gasteiger partial charge is 0.272 e. The van der Waals surface area contributed by atoms with Gasteiger partial charge >= 0.3 is 0 Å². The zero-order valence-electron chi connectivity index (χ0n) is 14.5. The Morgan fingerprint density at radius 1 is 1.23 bits per heavy atom. The van der Waals surface area contributed by atoms with Crippen LogP contribution in [0.1, 0.15) is 17.0 Å². The molecule has 0 amide bonds. The molecule has 0 saturated heterocycles. The molecule has 0 fully saturated rings. The van der Waals surface area contributed by atoms with Gasteiger partial charge in [0.2, 0.25) is 0 Å². The van der Waals surface area contributed by atoms with Crippen LogP contribution in [-0.4, -0.2) is 22.1 Å². The van der Waals surface area contributed by atoms with Crippen molar-refractivity contribution in [3.05, 3.63) is 75.7 Å². The number of aryl methyl sites for hydroxylation is 1. The Hall–Kier alpha value is -3.42. The molecule has 0 radical (unpaired) electrons. The first-order chi connectivity index (χ1) is 12.5. The summed E-state index contributed by atoms with van der Waals surface area (Å²) < 4.78 is 10.8. The van der Waals surface area contributed by atoms with Crippen LogP contribution in [0, 0.1) is 17.0 Å². The lowest BCUT2D eigenvalue weighted by molar-refractivity contribution is -0.385. The average molecular weight is 354 g/mol. The summed E-state index contributed by atoms with van der Waals surface area (Å²) >= 11 is 0. The highest BCUT2D eigenvalue weighted by Gasteiger charge is 2.13. The molecule has 0 aliphatic heterocycles. The molecule has 0 bridgehead atoms. The number of ether oxygens (including phenoxy) is 1. The molecule has 0 aliphatic carbocycles. The van der Waals surface area contributed by atoms with Gasteiger partial charge in [0.25, 0.3) is 17.5 Å². The van der Waals surface area contributed by atoms with Gasteiger partial charge in [0.05, 0.1) is 4.92 Å². The van der Waals surface area contributed by atoms with Crippen molar-refractivity contribution < 1.29 is 14.2 Å². The van der Waals surface area contributed by atoms with Gasteiger partial charge in [0.15, 0.2) is 6.61 Å². The fourth-order valence-electron chi connectivity index (χ4n) is 2.46. The van der Waals surface area contributed by atoms with Crippen molar-refractivity contribution in [2.75, 3.05) is 11.9 Å². The molecule has 0 saturated carbocycles. The summed E-state index contributed by atoms with van der Waals surface area (Å²) in [6, 6.07) is 14.5. The maximum absolute atomic E-state index is 10.8. The molecule has 8 heteroatoms. The molecule has 3 rings (SSSR count). The molecule has 8 nitrogen and oxygen atoms in total. The van der Waals surface area contributed by atoms with Gasteiger partial charge < -0.3 is 14.2 Å². The SMILES string of the molecule is Cc1cc(OCc2nc(N(C)Cc3ccccc3)no2)ccc1[N+](=O)[O-]. The molecule has 0 atom stereocenters. The number of aromatic nitrogens is 2. The van der Waals surface area contributed by atoms with E-state index in [9.17, 15) is 10.1 Å². The summed E-state index contributed by atoms with van der Waals surface area (Å²) in [6.07, 6.45) is 0. The number of rotatable bonds is 7. The van der Waals surface area contributed by atoms with Crippen molar-refractivity contribution in [1.82, 2.24) is 10.1 Å². The molecule has 1 heterocycles. The van der Waals surface area contributed by atoms with Gasteiger partial charge in [-0.15, -0.1) is 0 Å². The molecule has 2 aromatic carbocycles. The lowest BCUT2D eigenvalue weighted by Crippen LogP contribution is -2.17. The molecule has 0 aliphatic rings. The third-order valence-electron chi connectivity index (χ3n) is 3.79. The molecule has 0 N–H and O–H groups in total. The van der Waals surface area contributed by atoms with Crippen molar-refractivity contribution in [1.29, 1.82) is 0 Å². The normalized spacial score (nSPS) is 10.5. The lowest BCUT2D eigenvalue weighted by atomic mass is 10.2. The van der Waals surface area contributed by atoms with Crippen LogP contribution in [0.4, 0.5) is 11.6 Å². The molecule has 0 spiro atoms. The van der Waals surface area contributed by atoms with Gasteiger partial charge in [-0.2, -0.15) is 4.98 Å². The number of hydrogen-bond acceptors (Lipinski definition) is 7. The minimum Gasteiger partial charge on any atom is -0.484 e. The molecular weight excluding hydrogens is 336 g/mol. The minimum absolute atomic E-state index is 0.0555. The van der Waals surface area contributed by atoms with Crippen LogP contribution in [0.3, 0.4) is 0 Å². The Morgan fingerprint density at radius 3 is 2.69 bits per heavy atom. The topological polar surface area (TPSA) is 94.5 Å². The Balaban J connectivity index is 1.60. The van der Waals surface area contributed by atoms with Crippen molar-refractivity contribution in [2.45, 2.75) is 20.1 Å². The van der Waals surface area contributed by atoms with Gasteiger partial charge in [-0.25, -0.2) is 0 Å². The van der Waals surface area contributed by atoms with Crippen molar-refractivity contribution in [2.24, 2.45) is 0 Å². The predicted octanol–water partition coefficient (Wildman–Crippen LogP) is 3.50. The van der Waals surface area contributed by atoms with E-state index in [4.69, 9.17) is 9.26 Å². The Bertz CT molecular complexity index is 895. The molecule has 26 heavy (non-hydrogen) atoms. The monoisotopic (exact) mass is 354 g/mol. The average Bonchev–Trinajstić information content (AvgIpc) is 3.10. The Morgan fingerprint density at radius 2 is 2.00 bits per heavy atom. The Labute approximate surface area is 150 Å². The highest BCUT2D eigenvalue weighted by Crippen LogP contribution is 2.23. The van der Waals surface area contributed by atoms with E-state index in [2.05, 4.69) is 10.1 Å². The van der Waals surface area contributed by atoms with Gasteiger partial charge in [0.1, 0.15) is 5.75 Å². The summed E-state index contributed by atoms with van der Waals surface area (Å²) in [6.45, 7) is 2.40. The standard InChI is InChI=1S/C18H18N4O4/c1-13-10-15(8-9-16(13)22(23)24)25-12-17-19-18(20-26-17)21(2)11-14-6-4-3-5-7-14/h3-10H,11-12H2,1-2H3. The second-order valence-corrected chi connectivity index (χ2v) is 5.82. The van der Waals surface area contributed by atoms with Crippen molar-refractivity contribution in [3.8, 4) is 5.75 Å². The third-order valence-corrected chi connectivity index (χ3v) is 3.79. The van der Waals surface area contributed by atoms with E-state index in [1.54, 1.807) is 19.1 Å². The predicted molar refractivity (Wildman–Crippen MR) is 95.0 cm³/mol. The van der Waals surface area contributed by atoms with Crippen LogP contribution < -0.4 is 9.64 Å². The van der Waals surface area contributed by atoms with Crippen LogP contribution in [0.15, 0.2) is 53.1 Å². The first-order valence-electron chi connectivity index (χ1n) is 7.98. The molecule has 134 valence electrons. The number of nitro groups is 1. The molecule has 1 aromatic heterocycles. The maximum atomic E-state index is 10.8. The van der Waals surface area contributed by atoms with Crippen molar-refractivity contribution >= 4 is 11.6 Å². The number of anilines is 1. The van der Waals surface area contributed by atoms with Crippen LogP contribution in [0.5, 0.6) is 5.75 Å². The fourth-order valence-corrected chi connectivity index (χ4v) is 2.46. The third kappa shape index (κ3) is 4.15. The highest BCUT2D eigenvalue weighted by molar-refractivity contribution is 5.44. The maximum Gasteiger partial charge on any atom is 0.272 e. The number of nitrogens with zero attached hydrogens (tertiary/aromatic N) is 4. The first kappa shape index (κ1) is 17.4. The molecule has 3 aromatic rings. The van der Waals surface area contributed by atoms with E-state index >= 15 is 0 Å².